The molecule has 1 N–H and O–H groups in total. The van der Waals surface area contributed by atoms with Crippen LogP contribution in [0.5, 0.6) is 11.5 Å². The molecule has 0 bridgehead atoms. The fraction of sp³-hybridized carbons (Fsp3) is 0.227. The van der Waals surface area contributed by atoms with E-state index in [9.17, 15) is 23.1 Å². The lowest BCUT2D eigenvalue weighted by molar-refractivity contribution is -0.137. The Labute approximate surface area is 170 Å². The van der Waals surface area contributed by atoms with Crippen molar-refractivity contribution in [3.05, 3.63) is 83.7 Å². The zero-order chi connectivity index (χ0) is 21.3. The van der Waals surface area contributed by atoms with Gasteiger partial charge in [0.15, 0.2) is 0 Å². The topological polar surface area (TPSA) is 54.7 Å². The maximum absolute atomic E-state index is 13.1. The van der Waals surface area contributed by atoms with Crippen molar-refractivity contribution in [2.45, 2.75) is 18.8 Å². The Bertz CT molecular complexity index is 1040. The normalized spacial score (nSPS) is 16.2. The van der Waals surface area contributed by atoms with Gasteiger partial charge in [0.25, 0.3) is 5.91 Å². The predicted octanol–water partition coefficient (Wildman–Crippen LogP) is 4.49. The summed E-state index contributed by atoms with van der Waals surface area (Å²) in [6.45, 7) is 1.02. The molecule has 1 atom stereocenters. The molecule has 0 saturated heterocycles. The standard InChI is InChI=1S/C22H19F3N2O3/c23-22(24,25)16-4-1-3-15(13-16)21(29)27-12-11-26-10-2-5-19(26)20(27)14-30-18-8-6-17(28)7-9-18/h1-10,13,20,28H,11-12,14H2. The zero-order valence-corrected chi connectivity index (χ0v) is 15.8. The van der Waals surface area contributed by atoms with Gasteiger partial charge in [0.1, 0.15) is 24.1 Å². The Morgan fingerprint density at radius 2 is 1.83 bits per heavy atom. The van der Waals surface area contributed by atoms with Crippen LogP contribution in [0.2, 0.25) is 0 Å². The van der Waals surface area contributed by atoms with Gasteiger partial charge in [0, 0.05) is 30.5 Å². The van der Waals surface area contributed by atoms with Crippen molar-refractivity contribution in [2.75, 3.05) is 13.2 Å². The number of amides is 1. The van der Waals surface area contributed by atoms with E-state index in [4.69, 9.17) is 4.74 Å². The lowest BCUT2D eigenvalue weighted by Gasteiger charge is -2.37. The molecule has 5 nitrogen and oxygen atoms in total. The highest BCUT2D eigenvalue weighted by Crippen LogP contribution is 2.32. The van der Waals surface area contributed by atoms with Gasteiger partial charge in [0.05, 0.1) is 5.56 Å². The number of benzene rings is 2. The van der Waals surface area contributed by atoms with Crippen LogP contribution in [0, 0.1) is 0 Å². The molecule has 4 rings (SSSR count). The number of aromatic hydroxyl groups is 1. The first-order valence-corrected chi connectivity index (χ1v) is 9.38. The fourth-order valence-corrected chi connectivity index (χ4v) is 3.59. The molecule has 0 saturated carbocycles. The van der Waals surface area contributed by atoms with E-state index in [-0.39, 0.29) is 17.9 Å². The molecule has 8 heteroatoms. The minimum absolute atomic E-state index is 0.0144. The van der Waals surface area contributed by atoms with Crippen molar-refractivity contribution in [3.8, 4) is 11.5 Å². The summed E-state index contributed by atoms with van der Waals surface area (Å²) < 4.78 is 47.1. The molecular weight excluding hydrogens is 397 g/mol. The first kappa shape index (κ1) is 19.9. The van der Waals surface area contributed by atoms with Gasteiger partial charge in [-0.2, -0.15) is 13.2 Å². The Morgan fingerprint density at radius 1 is 1.07 bits per heavy atom. The Morgan fingerprint density at radius 3 is 2.57 bits per heavy atom. The van der Waals surface area contributed by atoms with Crippen LogP contribution in [-0.4, -0.2) is 33.6 Å². The molecule has 156 valence electrons. The van der Waals surface area contributed by atoms with E-state index in [0.717, 1.165) is 17.8 Å². The van der Waals surface area contributed by atoms with E-state index in [2.05, 4.69) is 0 Å². The second kappa shape index (κ2) is 7.78. The number of fused-ring (bicyclic) bond motifs is 1. The first-order chi connectivity index (χ1) is 14.3. The average molecular weight is 416 g/mol. The third-order valence-electron chi connectivity index (χ3n) is 5.11. The number of alkyl halides is 3. The number of rotatable bonds is 4. The molecule has 2 aromatic carbocycles. The molecule has 0 fully saturated rings. The number of phenolic OH excluding ortho intramolecular Hbond substituents is 1. The summed E-state index contributed by atoms with van der Waals surface area (Å²) in [5.41, 5.74) is -0.0227. The van der Waals surface area contributed by atoms with Crippen molar-refractivity contribution < 1.29 is 27.8 Å². The van der Waals surface area contributed by atoms with Gasteiger partial charge in [-0.1, -0.05) is 6.07 Å². The zero-order valence-electron chi connectivity index (χ0n) is 15.8. The van der Waals surface area contributed by atoms with Gasteiger partial charge in [-0.05, 0) is 54.6 Å². The smallest absolute Gasteiger partial charge is 0.416 e. The first-order valence-electron chi connectivity index (χ1n) is 9.38. The molecule has 3 aromatic rings. The summed E-state index contributed by atoms with van der Waals surface area (Å²) in [6.07, 6.45) is -2.62. The second-order valence-electron chi connectivity index (χ2n) is 7.02. The van der Waals surface area contributed by atoms with E-state index < -0.39 is 23.7 Å². The molecule has 0 aliphatic carbocycles. The minimum atomic E-state index is -4.52. The molecule has 1 aromatic heterocycles. The number of carbonyl (C=O) groups excluding carboxylic acids is 1. The van der Waals surface area contributed by atoms with Crippen molar-refractivity contribution in [1.29, 1.82) is 0 Å². The van der Waals surface area contributed by atoms with Crippen molar-refractivity contribution in [1.82, 2.24) is 9.47 Å². The number of aromatic nitrogens is 1. The SMILES string of the molecule is O=C(c1cccc(C(F)(F)F)c1)N1CCn2cccc2C1COc1ccc(O)cc1. The summed E-state index contributed by atoms with van der Waals surface area (Å²) in [6, 6.07) is 13.9. The van der Waals surface area contributed by atoms with Crippen molar-refractivity contribution in [2.24, 2.45) is 0 Å². The maximum atomic E-state index is 13.1. The molecule has 2 heterocycles. The summed E-state index contributed by atoms with van der Waals surface area (Å²) in [7, 11) is 0. The predicted molar refractivity (Wildman–Crippen MR) is 103 cm³/mol. The number of halogens is 3. The van der Waals surface area contributed by atoms with Crippen LogP contribution in [0.25, 0.3) is 0 Å². The van der Waals surface area contributed by atoms with E-state index in [1.165, 1.54) is 24.3 Å². The molecule has 0 radical (unpaired) electrons. The summed E-state index contributed by atoms with van der Waals surface area (Å²) in [5, 5.41) is 9.40. The third kappa shape index (κ3) is 3.98. The lowest BCUT2D eigenvalue weighted by Crippen LogP contribution is -2.44. The number of hydrogen-bond donors (Lipinski definition) is 1. The van der Waals surface area contributed by atoms with Gasteiger partial charge in [-0.15, -0.1) is 0 Å². The number of hydrogen-bond acceptors (Lipinski definition) is 3. The molecule has 1 amide bonds. The summed E-state index contributed by atoms with van der Waals surface area (Å²) >= 11 is 0. The van der Waals surface area contributed by atoms with Crippen LogP contribution in [-0.2, 0) is 12.7 Å². The van der Waals surface area contributed by atoms with Crippen LogP contribution < -0.4 is 4.74 Å². The highest BCUT2D eigenvalue weighted by atomic mass is 19.4. The van der Waals surface area contributed by atoms with Gasteiger partial charge in [-0.3, -0.25) is 4.79 Å². The fourth-order valence-electron chi connectivity index (χ4n) is 3.59. The Hall–Kier alpha value is -3.42. The van der Waals surface area contributed by atoms with Crippen molar-refractivity contribution >= 4 is 5.91 Å². The van der Waals surface area contributed by atoms with E-state index in [0.29, 0.717) is 18.8 Å². The largest absolute Gasteiger partial charge is 0.508 e. The quantitative estimate of drug-likeness (QED) is 0.682. The number of nitrogens with zero attached hydrogens (tertiary/aromatic N) is 2. The number of carbonyl (C=O) groups is 1. The molecule has 1 aliphatic rings. The maximum Gasteiger partial charge on any atom is 0.416 e. The minimum Gasteiger partial charge on any atom is -0.508 e. The number of ether oxygens (including phenoxy) is 1. The third-order valence-corrected chi connectivity index (χ3v) is 5.11. The average Bonchev–Trinajstić information content (AvgIpc) is 3.21. The second-order valence-corrected chi connectivity index (χ2v) is 7.02. The molecule has 1 aliphatic heterocycles. The summed E-state index contributed by atoms with van der Waals surface area (Å²) in [4.78, 5) is 14.7. The molecule has 1 unspecified atom stereocenters. The van der Waals surface area contributed by atoms with E-state index in [1.807, 2.05) is 22.9 Å². The highest BCUT2D eigenvalue weighted by Gasteiger charge is 2.34. The monoisotopic (exact) mass is 416 g/mol. The van der Waals surface area contributed by atoms with Crippen LogP contribution in [0.1, 0.15) is 27.7 Å². The Kier molecular flexibility index (Phi) is 5.15. The van der Waals surface area contributed by atoms with Crippen molar-refractivity contribution in [3.63, 3.8) is 0 Å². The van der Waals surface area contributed by atoms with Crippen LogP contribution in [0.3, 0.4) is 0 Å². The lowest BCUT2D eigenvalue weighted by atomic mass is 10.1. The van der Waals surface area contributed by atoms with Gasteiger partial charge < -0.3 is 19.3 Å². The van der Waals surface area contributed by atoms with E-state index >= 15 is 0 Å². The van der Waals surface area contributed by atoms with Gasteiger partial charge in [0.2, 0.25) is 0 Å². The van der Waals surface area contributed by atoms with Gasteiger partial charge >= 0.3 is 6.18 Å². The Balaban J connectivity index is 1.60. The number of phenols is 1. The van der Waals surface area contributed by atoms with E-state index in [1.54, 1.807) is 17.0 Å². The van der Waals surface area contributed by atoms with Crippen LogP contribution in [0.4, 0.5) is 13.2 Å². The van der Waals surface area contributed by atoms with Crippen LogP contribution >= 0.6 is 0 Å². The molecule has 0 spiro atoms. The molecular formula is C22H19F3N2O3. The molecule has 30 heavy (non-hydrogen) atoms. The summed E-state index contributed by atoms with van der Waals surface area (Å²) in [5.74, 6) is 0.144. The van der Waals surface area contributed by atoms with Crippen LogP contribution in [0.15, 0.2) is 66.9 Å². The van der Waals surface area contributed by atoms with Gasteiger partial charge in [-0.25, -0.2) is 0 Å². The highest BCUT2D eigenvalue weighted by molar-refractivity contribution is 5.94.